The van der Waals surface area contributed by atoms with Crippen LogP contribution in [-0.2, 0) is 23.0 Å². The van der Waals surface area contributed by atoms with Crippen LogP contribution in [0.2, 0.25) is 0 Å². The number of carbonyl (C=O) groups excluding carboxylic acids is 1. The molecular weight excluding hydrogens is 550 g/mol. The number of hydrogen-bond donors (Lipinski definition) is 1. The molecule has 0 bridgehead atoms. The highest BCUT2D eigenvalue weighted by atomic mass is 35.5. The quantitative estimate of drug-likeness (QED) is 0.362. The molecule has 0 saturated heterocycles. The Labute approximate surface area is 243 Å². The lowest BCUT2D eigenvalue weighted by molar-refractivity contribution is 0.0920. The first kappa shape index (κ1) is 30.1. The van der Waals surface area contributed by atoms with Gasteiger partial charge in [0.25, 0.3) is 5.91 Å². The molecule has 1 saturated carbocycles. The number of carbonyl (C=O) groups is 1. The molecule has 2 heterocycles. The number of halogens is 1. The zero-order chi connectivity index (χ0) is 27.4. The maximum atomic E-state index is 12.9. The Balaban J connectivity index is 0.00000370. The predicted molar refractivity (Wildman–Crippen MR) is 158 cm³/mol. The minimum absolute atomic E-state index is 0. The van der Waals surface area contributed by atoms with Crippen molar-refractivity contribution in [2.75, 3.05) is 25.9 Å². The molecule has 1 aliphatic carbocycles. The highest BCUT2D eigenvalue weighted by molar-refractivity contribution is 7.86. The molecule has 1 aliphatic heterocycles. The monoisotopic (exact) mass is 587 g/mol. The average Bonchev–Trinajstić information content (AvgIpc) is 3.24. The van der Waals surface area contributed by atoms with Crippen molar-refractivity contribution in [3.63, 3.8) is 0 Å². The van der Waals surface area contributed by atoms with Gasteiger partial charge in [-0.2, -0.15) is 8.42 Å². The Morgan fingerprint density at radius 3 is 2.50 bits per heavy atom. The number of amides is 1. The summed E-state index contributed by atoms with van der Waals surface area (Å²) in [6.45, 7) is 4.92. The first-order valence-electron chi connectivity index (χ1n) is 13.8. The zero-order valence-corrected chi connectivity index (χ0v) is 24.7. The fraction of sp³-hybridized carbons (Fsp3) is 0.467. The van der Waals surface area contributed by atoms with Crippen LogP contribution in [0.15, 0.2) is 53.1 Å². The van der Waals surface area contributed by atoms with Gasteiger partial charge in [0.2, 0.25) is 0 Å². The summed E-state index contributed by atoms with van der Waals surface area (Å²) in [5, 5.41) is 7.18. The summed E-state index contributed by atoms with van der Waals surface area (Å²) in [4.78, 5) is 15.5. The molecule has 0 unspecified atom stereocenters. The molecule has 8 nitrogen and oxygen atoms in total. The Hall–Kier alpha value is -2.88. The Morgan fingerprint density at radius 1 is 1.05 bits per heavy atom. The van der Waals surface area contributed by atoms with Crippen molar-refractivity contribution in [2.45, 2.75) is 57.9 Å². The molecule has 1 N–H and O–H groups in total. The van der Waals surface area contributed by atoms with Crippen LogP contribution >= 0.6 is 12.4 Å². The minimum Gasteiger partial charge on any atom is -0.383 e. The lowest BCUT2D eigenvalue weighted by Gasteiger charge is -2.30. The molecule has 0 radical (unpaired) electrons. The lowest BCUT2D eigenvalue weighted by atomic mass is 9.84. The maximum Gasteiger partial charge on any atom is 0.306 e. The van der Waals surface area contributed by atoms with Gasteiger partial charge in [0.05, 0.1) is 11.9 Å². The van der Waals surface area contributed by atoms with E-state index in [0.717, 1.165) is 82.1 Å². The van der Waals surface area contributed by atoms with E-state index in [4.69, 9.17) is 8.71 Å². The molecule has 216 valence electrons. The maximum absolute atomic E-state index is 12.9. The van der Waals surface area contributed by atoms with E-state index in [-0.39, 0.29) is 24.4 Å². The number of hydrogen-bond acceptors (Lipinski definition) is 7. The van der Waals surface area contributed by atoms with Gasteiger partial charge in [-0.05, 0) is 99.7 Å². The summed E-state index contributed by atoms with van der Waals surface area (Å²) >= 11 is 0. The van der Waals surface area contributed by atoms with E-state index in [1.165, 1.54) is 11.1 Å². The molecule has 2 aromatic carbocycles. The summed E-state index contributed by atoms with van der Waals surface area (Å²) in [6, 6.07) is 15.2. The van der Waals surface area contributed by atoms with Gasteiger partial charge in [-0.1, -0.05) is 23.4 Å². The van der Waals surface area contributed by atoms with Gasteiger partial charge < -0.3 is 18.9 Å². The van der Waals surface area contributed by atoms with Gasteiger partial charge in [0.1, 0.15) is 5.75 Å². The van der Waals surface area contributed by atoms with Gasteiger partial charge in [0, 0.05) is 36.3 Å². The normalized spacial score (nSPS) is 19.6. The number of benzene rings is 2. The molecular formula is C30H38ClN3O5S. The molecule has 5 rings (SSSR count). The number of nitrogens with one attached hydrogen (secondary N) is 1. The summed E-state index contributed by atoms with van der Waals surface area (Å²) in [5.41, 5.74) is 4.76. The molecule has 0 spiro atoms. The molecule has 3 aromatic rings. The van der Waals surface area contributed by atoms with Crippen molar-refractivity contribution in [2.24, 2.45) is 5.92 Å². The van der Waals surface area contributed by atoms with E-state index in [0.29, 0.717) is 23.0 Å². The number of nitrogens with zero attached hydrogens (tertiary/aromatic N) is 2. The number of aromatic nitrogens is 1. The standard InChI is InChI=1S/C30H37N3O5S.ClH/c1-21-18-29(37-32-21)25-4-3-5-26(19-25)30(34)31-27-9-6-22(7-10-27)12-15-33-16-13-23-8-11-28(38-39(2,35)36)20-24(23)14-17-33;/h3-5,8,11,18-20,22,27H,6-7,9-10,12-17H2,1-2H3,(H,31,34);1H. The first-order chi connectivity index (χ1) is 18.7. The van der Waals surface area contributed by atoms with E-state index in [2.05, 4.69) is 15.4 Å². The summed E-state index contributed by atoms with van der Waals surface area (Å²) in [6.07, 6.45) is 8.36. The molecule has 10 heteroatoms. The van der Waals surface area contributed by atoms with E-state index >= 15 is 0 Å². The van der Waals surface area contributed by atoms with Crippen molar-refractivity contribution < 1.29 is 21.9 Å². The van der Waals surface area contributed by atoms with Crippen molar-refractivity contribution in [1.29, 1.82) is 0 Å². The second-order valence-electron chi connectivity index (χ2n) is 11.0. The third-order valence-corrected chi connectivity index (χ3v) is 8.39. The van der Waals surface area contributed by atoms with E-state index in [1.54, 1.807) is 6.07 Å². The Kier molecular flexibility index (Phi) is 9.92. The first-order valence-corrected chi connectivity index (χ1v) is 15.6. The largest absolute Gasteiger partial charge is 0.383 e. The van der Waals surface area contributed by atoms with Crippen LogP contribution < -0.4 is 9.50 Å². The SMILES string of the molecule is Cc1cc(-c2cccc(C(=O)NC3CCC(CCN4CCc5ccc(OS(C)(=O)=O)cc5CC4)CC3)c2)on1.Cl. The van der Waals surface area contributed by atoms with Crippen LogP contribution in [0.4, 0.5) is 0 Å². The Morgan fingerprint density at radius 2 is 1.80 bits per heavy atom. The van der Waals surface area contributed by atoms with Crippen LogP contribution in [-0.4, -0.2) is 56.3 Å². The third-order valence-electron chi connectivity index (χ3n) is 7.89. The highest BCUT2D eigenvalue weighted by Gasteiger charge is 2.24. The summed E-state index contributed by atoms with van der Waals surface area (Å²) in [7, 11) is -3.52. The summed E-state index contributed by atoms with van der Waals surface area (Å²) in [5.74, 6) is 1.70. The van der Waals surface area contributed by atoms with Crippen molar-refractivity contribution >= 4 is 28.4 Å². The number of rotatable bonds is 8. The second-order valence-corrected chi connectivity index (χ2v) is 12.5. The molecule has 1 aromatic heterocycles. The van der Waals surface area contributed by atoms with E-state index in [1.807, 2.05) is 49.4 Å². The fourth-order valence-corrected chi connectivity index (χ4v) is 6.19. The minimum atomic E-state index is -3.52. The van der Waals surface area contributed by atoms with Crippen LogP contribution in [0.3, 0.4) is 0 Å². The fourth-order valence-electron chi connectivity index (χ4n) is 5.74. The van der Waals surface area contributed by atoms with Gasteiger partial charge in [-0.15, -0.1) is 12.4 Å². The van der Waals surface area contributed by atoms with E-state index in [9.17, 15) is 13.2 Å². The summed E-state index contributed by atoms with van der Waals surface area (Å²) < 4.78 is 33.4. The van der Waals surface area contributed by atoms with Crippen molar-refractivity contribution in [3.05, 3.63) is 70.9 Å². The predicted octanol–water partition coefficient (Wildman–Crippen LogP) is 5.19. The highest BCUT2D eigenvalue weighted by Crippen LogP contribution is 2.29. The molecule has 1 fully saturated rings. The van der Waals surface area contributed by atoms with Gasteiger partial charge >= 0.3 is 10.1 Å². The van der Waals surface area contributed by atoms with E-state index < -0.39 is 10.1 Å². The molecule has 2 aliphatic rings. The smallest absolute Gasteiger partial charge is 0.306 e. The topological polar surface area (TPSA) is 102 Å². The molecule has 1 amide bonds. The van der Waals surface area contributed by atoms with Crippen LogP contribution in [0.5, 0.6) is 5.75 Å². The van der Waals surface area contributed by atoms with Crippen LogP contribution in [0, 0.1) is 12.8 Å². The lowest BCUT2D eigenvalue weighted by Crippen LogP contribution is -2.38. The Bertz CT molecular complexity index is 1420. The number of aryl methyl sites for hydroxylation is 1. The van der Waals surface area contributed by atoms with Crippen molar-refractivity contribution in [1.82, 2.24) is 15.4 Å². The van der Waals surface area contributed by atoms with Crippen molar-refractivity contribution in [3.8, 4) is 17.1 Å². The van der Waals surface area contributed by atoms with Gasteiger partial charge in [-0.3, -0.25) is 4.79 Å². The molecule has 40 heavy (non-hydrogen) atoms. The average molecular weight is 588 g/mol. The second kappa shape index (κ2) is 13.2. The van der Waals surface area contributed by atoms with Crippen LogP contribution in [0.1, 0.15) is 59.3 Å². The third kappa shape index (κ3) is 8.08. The van der Waals surface area contributed by atoms with Crippen LogP contribution in [0.25, 0.3) is 11.3 Å². The van der Waals surface area contributed by atoms with Gasteiger partial charge in [-0.25, -0.2) is 0 Å². The molecule has 0 atom stereocenters. The zero-order valence-electron chi connectivity index (χ0n) is 23.1. The number of fused-ring (bicyclic) bond motifs is 1. The van der Waals surface area contributed by atoms with Gasteiger partial charge in [0.15, 0.2) is 5.76 Å².